The first-order chi connectivity index (χ1) is 6.26. The van der Waals surface area contributed by atoms with Crippen LogP contribution in [-0.2, 0) is 0 Å². The molecule has 0 amide bonds. The molecule has 13 heavy (non-hydrogen) atoms. The number of aromatic nitrogens is 1. The van der Waals surface area contributed by atoms with Crippen molar-refractivity contribution >= 4 is 6.08 Å². The molecule has 1 heterocycles. The van der Waals surface area contributed by atoms with Crippen LogP contribution >= 0.6 is 0 Å². The topological polar surface area (TPSA) is 24.9 Å². The molecule has 0 aliphatic carbocycles. The van der Waals surface area contributed by atoms with E-state index in [0.29, 0.717) is 0 Å². The molecule has 0 fully saturated rings. The fraction of sp³-hybridized carbons (Fsp3) is 0.364. The van der Waals surface area contributed by atoms with Crippen LogP contribution in [0.25, 0.3) is 6.08 Å². The van der Waals surface area contributed by atoms with Crippen molar-refractivity contribution in [3.8, 4) is 0 Å². The number of hydrogen-bond donors (Lipinski definition) is 1. The SMILES string of the molecule is CC/C(=C/c1ccc(C)nc1)NC. The third kappa shape index (κ3) is 2.90. The molecule has 0 spiro atoms. The molecule has 0 aliphatic heterocycles. The van der Waals surface area contributed by atoms with Gasteiger partial charge in [-0.1, -0.05) is 13.0 Å². The standard InChI is InChI=1S/C11H16N2/c1-4-11(12-3)7-10-6-5-9(2)13-8-10/h5-8,12H,4H2,1-3H3/b11-7-. The van der Waals surface area contributed by atoms with Crippen molar-refractivity contribution in [2.45, 2.75) is 20.3 Å². The normalized spacial score (nSPS) is 11.5. The van der Waals surface area contributed by atoms with Crippen molar-refractivity contribution in [2.75, 3.05) is 7.05 Å². The maximum absolute atomic E-state index is 4.23. The predicted molar refractivity (Wildman–Crippen MR) is 56.3 cm³/mol. The molecule has 0 unspecified atom stereocenters. The van der Waals surface area contributed by atoms with Crippen LogP contribution in [0.3, 0.4) is 0 Å². The van der Waals surface area contributed by atoms with E-state index in [0.717, 1.165) is 17.7 Å². The van der Waals surface area contributed by atoms with Crippen molar-refractivity contribution in [1.82, 2.24) is 10.3 Å². The fourth-order valence-electron chi connectivity index (χ4n) is 1.12. The lowest BCUT2D eigenvalue weighted by Gasteiger charge is -2.02. The van der Waals surface area contributed by atoms with Gasteiger partial charge in [-0.3, -0.25) is 4.98 Å². The minimum Gasteiger partial charge on any atom is -0.391 e. The second-order valence-electron chi connectivity index (χ2n) is 3.01. The van der Waals surface area contributed by atoms with Gasteiger partial charge >= 0.3 is 0 Å². The highest BCUT2D eigenvalue weighted by Gasteiger charge is 1.91. The van der Waals surface area contributed by atoms with Gasteiger partial charge in [-0.15, -0.1) is 0 Å². The van der Waals surface area contributed by atoms with Crippen molar-refractivity contribution < 1.29 is 0 Å². The monoisotopic (exact) mass is 176 g/mol. The van der Waals surface area contributed by atoms with Crippen molar-refractivity contribution in [1.29, 1.82) is 0 Å². The minimum atomic E-state index is 1.02. The Morgan fingerprint density at radius 1 is 1.54 bits per heavy atom. The van der Waals surface area contributed by atoms with E-state index in [2.05, 4.69) is 29.4 Å². The number of allylic oxidation sites excluding steroid dienone is 1. The molecule has 0 saturated heterocycles. The quantitative estimate of drug-likeness (QED) is 0.764. The first-order valence-corrected chi connectivity index (χ1v) is 4.57. The second-order valence-corrected chi connectivity index (χ2v) is 3.01. The average molecular weight is 176 g/mol. The van der Waals surface area contributed by atoms with Gasteiger partial charge in [-0.05, 0) is 31.1 Å². The van der Waals surface area contributed by atoms with Gasteiger partial charge in [-0.25, -0.2) is 0 Å². The van der Waals surface area contributed by atoms with E-state index in [4.69, 9.17) is 0 Å². The number of pyridine rings is 1. The summed E-state index contributed by atoms with van der Waals surface area (Å²) in [6, 6.07) is 4.10. The van der Waals surface area contributed by atoms with E-state index in [1.54, 1.807) is 0 Å². The number of nitrogens with one attached hydrogen (secondary N) is 1. The first kappa shape index (κ1) is 9.78. The van der Waals surface area contributed by atoms with Crippen LogP contribution in [0.5, 0.6) is 0 Å². The maximum atomic E-state index is 4.23. The zero-order valence-corrected chi connectivity index (χ0v) is 8.46. The van der Waals surface area contributed by atoms with Crippen LogP contribution in [0.15, 0.2) is 24.0 Å². The molecule has 1 aromatic heterocycles. The largest absolute Gasteiger partial charge is 0.391 e. The Hall–Kier alpha value is -1.31. The Balaban J connectivity index is 2.84. The molecular weight excluding hydrogens is 160 g/mol. The van der Waals surface area contributed by atoms with E-state index in [-0.39, 0.29) is 0 Å². The summed E-state index contributed by atoms with van der Waals surface area (Å²) >= 11 is 0. The van der Waals surface area contributed by atoms with Crippen LogP contribution in [0, 0.1) is 6.92 Å². The molecular formula is C11H16N2. The number of aryl methyl sites for hydroxylation is 1. The highest BCUT2D eigenvalue weighted by molar-refractivity contribution is 5.51. The number of rotatable bonds is 3. The van der Waals surface area contributed by atoms with Gasteiger partial charge in [0.1, 0.15) is 0 Å². The molecule has 70 valence electrons. The smallest absolute Gasteiger partial charge is 0.0373 e. The number of nitrogens with zero attached hydrogens (tertiary/aromatic N) is 1. The zero-order valence-electron chi connectivity index (χ0n) is 8.46. The van der Waals surface area contributed by atoms with Crippen molar-refractivity contribution in [3.05, 3.63) is 35.3 Å². The summed E-state index contributed by atoms with van der Waals surface area (Å²) in [6.07, 6.45) is 5.03. The summed E-state index contributed by atoms with van der Waals surface area (Å²) < 4.78 is 0. The molecule has 0 atom stereocenters. The number of hydrogen-bond acceptors (Lipinski definition) is 2. The van der Waals surface area contributed by atoms with Gasteiger partial charge in [0.2, 0.25) is 0 Å². The lowest BCUT2D eigenvalue weighted by molar-refractivity contribution is 0.911. The zero-order chi connectivity index (χ0) is 9.68. The highest BCUT2D eigenvalue weighted by Crippen LogP contribution is 2.06. The van der Waals surface area contributed by atoms with Crippen LogP contribution in [-0.4, -0.2) is 12.0 Å². The Morgan fingerprint density at radius 3 is 2.77 bits per heavy atom. The van der Waals surface area contributed by atoms with Gasteiger partial charge in [0.05, 0.1) is 0 Å². The van der Waals surface area contributed by atoms with Gasteiger partial charge in [0.25, 0.3) is 0 Å². The predicted octanol–water partition coefficient (Wildman–Crippen LogP) is 2.36. The molecule has 0 aliphatic rings. The maximum Gasteiger partial charge on any atom is 0.0373 e. The Morgan fingerprint density at radius 2 is 2.31 bits per heavy atom. The van der Waals surface area contributed by atoms with E-state index < -0.39 is 0 Å². The second kappa shape index (κ2) is 4.65. The van der Waals surface area contributed by atoms with Crippen molar-refractivity contribution in [2.24, 2.45) is 0 Å². The molecule has 1 aromatic rings. The molecule has 2 nitrogen and oxygen atoms in total. The van der Waals surface area contributed by atoms with Crippen LogP contribution in [0.2, 0.25) is 0 Å². The summed E-state index contributed by atoms with van der Waals surface area (Å²) in [7, 11) is 1.94. The Kier molecular flexibility index (Phi) is 3.50. The Bertz CT molecular complexity index is 279. The lowest BCUT2D eigenvalue weighted by atomic mass is 10.2. The first-order valence-electron chi connectivity index (χ1n) is 4.57. The van der Waals surface area contributed by atoms with E-state index >= 15 is 0 Å². The summed E-state index contributed by atoms with van der Waals surface area (Å²) in [6.45, 7) is 4.12. The third-order valence-electron chi connectivity index (χ3n) is 1.98. The molecule has 0 radical (unpaired) electrons. The fourth-order valence-corrected chi connectivity index (χ4v) is 1.12. The van der Waals surface area contributed by atoms with Gasteiger partial charge in [0, 0.05) is 24.6 Å². The molecule has 0 aromatic carbocycles. The van der Waals surface area contributed by atoms with Crippen LogP contribution < -0.4 is 5.32 Å². The van der Waals surface area contributed by atoms with Crippen molar-refractivity contribution in [3.63, 3.8) is 0 Å². The molecule has 0 bridgehead atoms. The lowest BCUT2D eigenvalue weighted by Crippen LogP contribution is -2.03. The van der Waals surface area contributed by atoms with Crippen LogP contribution in [0.1, 0.15) is 24.6 Å². The minimum absolute atomic E-state index is 1.02. The molecule has 0 saturated carbocycles. The van der Waals surface area contributed by atoms with Gasteiger partial charge in [-0.2, -0.15) is 0 Å². The van der Waals surface area contributed by atoms with E-state index in [9.17, 15) is 0 Å². The Labute approximate surface area is 79.7 Å². The third-order valence-corrected chi connectivity index (χ3v) is 1.98. The average Bonchev–Trinajstić information content (AvgIpc) is 2.17. The molecule has 1 rings (SSSR count). The van der Waals surface area contributed by atoms with Gasteiger partial charge < -0.3 is 5.32 Å². The van der Waals surface area contributed by atoms with Crippen LogP contribution in [0.4, 0.5) is 0 Å². The van der Waals surface area contributed by atoms with Gasteiger partial charge in [0.15, 0.2) is 0 Å². The summed E-state index contributed by atoms with van der Waals surface area (Å²) in [5.74, 6) is 0. The summed E-state index contributed by atoms with van der Waals surface area (Å²) in [5, 5.41) is 3.15. The molecule has 1 N–H and O–H groups in total. The molecule has 2 heteroatoms. The highest BCUT2D eigenvalue weighted by atomic mass is 14.8. The van der Waals surface area contributed by atoms with E-state index in [1.165, 1.54) is 5.70 Å². The van der Waals surface area contributed by atoms with E-state index in [1.807, 2.05) is 26.2 Å². The summed E-state index contributed by atoms with van der Waals surface area (Å²) in [4.78, 5) is 4.23. The summed E-state index contributed by atoms with van der Waals surface area (Å²) in [5.41, 5.74) is 3.43.